The van der Waals surface area contributed by atoms with Crippen LogP contribution < -0.4 is 20.1 Å². The molecule has 7 heteroatoms. The van der Waals surface area contributed by atoms with E-state index in [0.717, 1.165) is 36.1 Å². The largest absolute Gasteiger partial charge is 0.493 e. The Balaban J connectivity index is 1.98. The highest BCUT2D eigenvalue weighted by Crippen LogP contribution is 2.31. The van der Waals surface area contributed by atoms with Crippen LogP contribution in [-0.2, 0) is 0 Å². The van der Waals surface area contributed by atoms with Crippen LogP contribution in [0.2, 0.25) is 0 Å². The van der Waals surface area contributed by atoms with Gasteiger partial charge < -0.3 is 25.0 Å². The molecule has 1 heterocycles. The third-order valence-corrected chi connectivity index (χ3v) is 6.00. The Kier molecular flexibility index (Phi) is 9.24. The highest BCUT2D eigenvalue weighted by Gasteiger charge is 2.28. The molecule has 1 saturated heterocycles. The van der Waals surface area contributed by atoms with Gasteiger partial charge in [0.1, 0.15) is 0 Å². The number of aliphatic imine (C=N–C) groups is 1. The summed E-state index contributed by atoms with van der Waals surface area (Å²) in [6, 6.07) is 6.25. The number of piperidine rings is 1. The van der Waals surface area contributed by atoms with E-state index in [4.69, 9.17) is 9.47 Å². The van der Waals surface area contributed by atoms with Gasteiger partial charge in [-0.3, -0.25) is 9.89 Å². The third kappa shape index (κ3) is 6.51. The van der Waals surface area contributed by atoms with Crippen molar-refractivity contribution in [3.63, 3.8) is 0 Å². The van der Waals surface area contributed by atoms with Crippen LogP contribution in [0.1, 0.15) is 44.7 Å². The van der Waals surface area contributed by atoms with E-state index < -0.39 is 0 Å². The summed E-state index contributed by atoms with van der Waals surface area (Å²) in [6.07, 6.45) is 3.95. The molecule has 30 heavy (non-hydrogen) atoms. The molecule has 1 aromatic carbocycles. The lowest BCUT2D eigenvalue weighted by Crippen LogP contribution is -2.55. The number of hydrogen-bond donors (Lipinski definition) is 2. The van der Waals surface area contributed by atoms with Gasteiger partial charge in [0, 0.05) is 25.7 Å². The molecule has 2 rings (SSSR count). The van der Waals surface area contributed by atoms with Crippen LogP contribution in [0.4, 0.5) is 0 Å². The summed E-state index contributed by atoms with van der Waals surface area (Å²) < 4.78 is 10.9. The minimum atomic E-state index is 0.0995. The Labute approximate surface area is 182 Å². The van der Waals surface area contributed by atoms with Gasteiger partial charge in [-0.25, -0.2) is 0 Å². The van der Waals surface area contributed by atoms with Gasteiger partial charge in [0.25, 0.3) is 0 Å². The second-order valence-corrected chi connectivity index (χ2v) is 8.76. The van der Waals surface area contributed by atoms with Gasteiger partial charge in [0.05, 0.1) is 20.3 Å². The minimum absolute atomic E-state index is 0.0995. The molecule has 1 aromatic rings. The number of ether oxygens (including phenoxy) is 2. The van der Waals surface area contributed by atoms with Gasteiger partial charge in [0.15, 0.2) is 17.5 Å². The molecule has 0 aliphatic carbocycles. The van der Waals surface area contributed by atoms with Gasteiger partial charge in [-0.05, 0) is 71.6 Å². The first kappa shape index (κ1) is 24.3. The number of likely N-dealkylation sites (tertiary alicyclic amines) is 1. The molecule has 1 aliphatic heterocycles. The maximum atomic E-state index is 5.48. The number of rotatable bonds is 9. The summed E-state index contributed by atoms with van der Waals surface area (Å²) in [5.41, 5.74) is 1.26. The first-order valence-electron chi connectivity index (χ1n) is 10.9. The van der Waals surface area contributed by atoms with Gasteiger partial charge in [-0.1, -0.05) is 12.5 Å². The Bertz CT molecular complexity index is 684. The molecule has 0 amide bonds. The zero-order valence-electron chi connectivity index (χ0n) is 19.9. The van der Waals surface area contributed by atoms with Crippen molar-refractivity contribution in [2.75, 3.05) is 61.5 Å². The Morgan fingerprint density at radius 2 is 1.77 bits per heavy atom. The molecule has 0 saturated carbocycles. The molecule has 7 nitrogen and oxygen atoms in total. The summed E-state index contributed by atoms with van der Waals surface area (Å²) in [5, 5.41) is 7.03. The number of hydrogen-bond acceptors (Lipinski definition) is 5. The van der Waals surface area contributed by atoms with Gasteiger partial charge in [-0.2, -0.15) is 0 Å². The zero-order chi connectivity index (χ0) is 22.1. The standard InChI is InChI=1S/C23H41N5O2/c1-23(2,28-13-9-8-10-14-28)17-26-22(24-3)25-16-19(27(4)5)18-11-12-20(29-6)21(15-18)30-7/h11-12,15,19H,8-10,13-14,16-17H2,1-7H3,(H2,24,25,26). The lowest BCUT2D eigenvalue weighted by atomic mass is 9.98. The lowest BCUT2D eigenvalue weighted by Gasteiger charge is -2.41. The summed E-state index contributed by atoms with van der Waals surface area (Å²) in [7, 11) is 9.31. The van der Waals surface area contributed by atoms with Gasteiger partial charge in [0.2, 0.25) is 0 Å². The summed E-state index contributed by atoms with van der Waals surface area (Å²) in [4.78, 5) is 9.22. The quantitative estimate of drug-likeness (QED) is 0.474. The van der Waals surface area contributed by atoms with Gasteiger partial charge in [-0.15, -0.1) is 0 Å². The Morgan fingerprint density at radius 3 is 2.33 bits per heavy atom. The molecule has 0 radical (unpaired) electrons. The number of guanidine groups is 1. The van der Waals surface area contributed by atoms with Crippen molar-refractivity contribution in [3.8, 4) is 11.5 Å². The number of methoxy groups -OCH3 is 2. The van der Waals surface area contributed by atoms with Crippen molar-refractivity contribution in [3.05, 3.63) is 23.8 Å². The SMILES string of the molecule is CN=C(NCC(c1ccc(OC)c(OC)c1)N(C)C)NCC(C)(C)N1CCCCC1. The average molecular weight is 420 g/mol. The van der Waals surface area contributed by atoms with Crippen LogP contribution in [0, 0.1) is 0 Å². The van der Waals surface area contributed by atoms with E-state index in [-0.39, 0.29) is 11.6 Å². The smallest absolute Gasteiger partial charge is 0.191 e. The van der Waals surface area contributed by atoms with E-state index in [1.807, 2.05) is 19.2 Å². The maximum absolute atomic E-state index is 5.48. The van der Waals surface area contributed by atoms with Crippen molar-refractivity contribution in [1.29, 1.82) is 0 Å². The average Bonchev–Trinajstić information content (AvgIpc) is 2.76. The molecule has 1 atom stereocenters. The van der Waals surface area contributed by atoms with E-state index in [9.17, 15) is 0 Å². The molecule has 1 fully saturated rings. The molecular weight excluding hydrogens is 378 g/mol. The monoisotopic (exact) mass is 419 g/mol. The summed E-state index contributed by atoms with van der Waals surface area (Å²) >= 11 is 0. The zero-order valence-corrected chi connectivity index (χ0v) is 19.9. The summed E-state index contributed by atoms with van der Waals surface area (Å²) in [5.74, 6) is 2.31. The summed E-state index contributed by atoms with van der Waals surface area (Å²) in [6.45, 7) is 8.57. The number of likely N-dealkylation sites (N-methyl/N-ethyl adjacent to an activating group) is 1. The minimum Gasteiger partial charge on any atom is -0.493 e. The highest BCUT2D eigenvalue weighted by molar-refractivity contribution is 5.79. The first-order valence-corrected chi connectivity index (χ1v) is 10.9. The lowest BCUT2D eigenvalue weighted by molar-refractivity contribution is 0.0982. The molecule has 1 aliphatic rings. The maximum Gasteiger partial charge on any atom is 0.191 e. The fourth-order valence-corrected chi connectivity index (χ4v) is 3.98. The van der Waals surface area contributed by atoms with Crippen molar-refractivity contribution in [2.45, 2.75) is 44.7 Å². The van der Waals surface area contributed by atoms with Crippen LogP contribution in [0.3, 0.4) is 0 Å². The molecule has 0 spiro atoms. The van der Waals surface area contributed by atoms with E-state index in [1.165, 1.54) is 32.4 Å². The molecule has 0 bridgehead atoms. The van der Waals surface area contributed by atoms with Crippen LogP contribution in [-0.4, -0.2) is 82.8 Å². The van der Waals surface area contributed by atoms with Gasteiger partial charge >= 0.3 is 0 Å². The number of nitrogens with zero attached hydrogens (tertiary/aromatic N) is 3. The van der Waals surface area contributed by atoms with Crippen molar-refractivity contribution in [1.82, 2.24) is 20.4 Å². The number of benzene rings is 1. The first-order chi connectivity index (χ1) is 14.3. The predicted molar refractivity (Wildman–Crippen MR) is 125 cm³/mol. The second-order valence-electron chi connectivity index (χ2n) is 8.76. The van der Waals surface area contributed by atoms with E-state index in [1.54, 1.807) is 14.2 Å². The third-order valence-electron chi connectivity index (χ3n) is 6.00. The van der Waals surface area contributed by atoms with E-state index in [0.29, 0.717) is 0 Å². The number of nitrogens with one attached hydrogen (secondary N) is 2. The molecule has 170 valence electrons. The normalized spacial score (nSPS) is 17.0. The molecule has 1 unspecified atom stereocenters. The van der Waals surface area contributed by atoms with Crippen LogP contribution >= 0.6 is 0 Å². The van der Waals surface area contributed by atoms with Crippen molar-refractivity contribution in [2.24, 2.45) is 4.99 Å². The predicted octanol–water partition coefficient (Wildman–Crippen LogP) is 2.74. The fraction of sp³-hybridized carbons (Fsp3) is 0.696. The molecule has 0 aromatic heterocycles. The second kappa shape index (κ2) is 11.4. The molecule has 2 N–H and O–H groups in total. The van der Waals surface area contributed by atoms with Crippen LogP contribution in [0.5, 0.6) is 11.5 Å². The topological polar surface area (TPSA) is 61.4 Å². The van der Waals surface area contributed by atoms with Crippen molar-refractivity contribution >= 4 is 5.96 Å². The van der Waals surface area contributed by atoms with E-state index >= 15 is 0 Å². The Hall–Kier alpha value is -1.99. The Morgan fingerprint density at radius 1 is 1.10 bits per heavy atom. The fourth-order valence-electron chi connectivity index (χ4n) is 3.98. The molecular formula is C23H41N5O2. The van der Waals surface area contributed by atoms with E-state index in [2.05, 4.69) is 59.4 Å². The highest BCUT2D eigenvalue weighted by atomic mass is 16.5. The van der Waals surface area contributed by atoms with Crippen LogP contribution in [0.25, 0.3) is 0 Å². The van der Waals surface area contributed by atoms with Crippen LogP contribution in [0.15, 0.2) is 23.2 Å². The van der Waals surface area contributed by atoms with Crippen molar-refractivity contribution < 1.29 is 9.47 Å².